The van der Waals surface area contributed by atoms with E-state index in [-0.39, 0.29) is 0 Å². The van der Waals surface area contributed by atoms with Crippen LogP contribution in [-0.4, -0.2) is 9.97 Å². The zero-order chi connectivity index (χ0) is 34.9. The van der Waals surface area contributed by atoms with E-state index in [9.17, 15) is 0 Å². The molecule has 2 heterocycles. The summed E-state index contributed by atoms with van der Waals surface area (Å²) in [7, 11) is 0. The van der Waals surface area contributed by atoms with Crippen molar-refractivity contribution in [3.63, 3.8) is 0 Å². The first-order valence-electron chi connectivity index (χ1n) is 18.0. The Kier molecular flexibility index (Phi) is 6.55. The molecule has 0 saturated heterocycles. The molecule has 0 N–H and O–H groups in total. The van der Waals surface area contributed by atoms with Crippen LogP contribution in [0.15, 0.2) is 187 Å². The highest BCUT2D eigenvalue weighted by atomic mass is 16.3. The van der Waals surface area contributed by atoms with Crippen molar-refractivity contribution in [2.45, 2.75) is 0 Å². The molecule has 0 amide bonds. The Balaban J connectivity index is 0.926. The standard InChI is InChI=1S/C50H30N2O/c1-3-16-43-40(13-1)41-14-2-4-17-44(41)50-49(43)51-30-46(52-50)39-12-8-11-33(28-39)35-20-22-36-26-34(19-21-37(36)27-35)31-9-7-10-32(25-31)38-23-24-48-45(29-38)42-15-5-6-18-47(42)53-48/h1-30H. The molecule has 0 unspecified atom stereocenters. The Hall–Kier alpha value is -7.10. The first kappa shape index (κ1) is 29.6. The average Bonchev–Trinajstić information content (AvgIpc) is 3.61. The van der Waals surface area contributed by atoms with Crippen LogP contribution in [0.1, 0.15) is 0 Å². The van der Waals surface area contributed by atoms with E-state index in [1.807, 2.05) is 18.3 Å². The lowest BCUT2D eigenvalue weighted by Crippen LogP contribution is -1.92. The number of rotatable bonds is 4. The van der Waals surface area contributed by atoms with Crippen molar-refractivity contribution in [2.24, 2.45) is 0 Å². The highest BCUT2D eigenvalue weighted by molar-refractivity contribution is 6.23. The van der Waals surface area contributed by atoms with E-state index in [1.165, 1.54) is 49.4 Å². The van der Waals surface area contributed by atoms with E-state index in [0.29, 0.717) is 0 Å². The molecule has 246 valence electrons. The lowest BCUT2D eigenvalue weighted by atomic mass is 9.95. The maximum Gasteiger partial charge on any atom is 0.135 e. The summed E-state index contributed by atoms with van der Waals surface area (Å²) in [6.07, 6.45) is 1.91. The van der Waals surface area contributed by atoms with Crippen LogP contribution in [0.25, 0.3) is 110 Å². The normalized spacial score (nSPS) is 11.8. The third-order valence-corrected chi connectivity index (χ3v) is 10.7. The molecule has 0 fully saturated rings. The number of fused-ring (bicyclic) bond motifs is 10. The van der Waals surface area contributed by atoms with E-state index in [1.54, 1.807) is 0 Å². The Labute approximate surface area is 305 Å². The second kappa shape index (κ2) is 11.7. The molecule has 3 heteroatoms. The Morgan fingerprint density at radius 3 is 1.49 bits per heavy atom. The predicted octanol–water partition coefficient (Wildman–Crippen LogP) is 13.7. The molecular weight excluding hydrogens is 645 g/mol. The molecule has 0 saturated carbocycles. The van der Waals surface area contributed by atoms with Crippen LogP contribution in [0.2, 0.25) is 0 Å². The summed E-state index contributed by atoms with van der Waals surface area (Å²) in [5, 5.41) is 9.35. The second-order valence-electron chi connectivity index (χ2n) is 13.8. The summed E-state index contributed by atoms with van der Waals surface area (Å²) < 4.78 is 6.07. The topological polar surface area (TPSA) is 38.9 Å². The van der Waals surface area contributed by atoms with Crippen LogP contribution in [0, 0.1) is 0 Å². The Morgan fingerprint density at radius 1 is 0.321 bits per heavy atom. The minimum absolute atomic E-state index is 0.866. The average molecular weight is 675 g/mol. The largest absolute Gasteiger partial charge is 0.456 e. The molecule has 0 aliphatic carbocycles. The molecule has 0 aliphatic rings. The molecule has 0 atom stereocenters. The molecule has 0 spiro atoms. The number of aromatic nitrogens is 2. The molecule has 11 aromatic rings. The van der Waals surface area contributed by atoms with E-state index >= 15 is 0 Å². The number of para-hydroxylation sites is 1. The number of benzene rings is 9. The fraction of sp³-hybridized carbons (Fsp3) is 0. The van der Waals surface area contributed by atoms with Gasteiger partial charge < -0.3 is 4.42 Å². The zero-order valence-corrected chi connectivity index (χ0v) is 28.6. The summed E-state index contributed by atoms with van der Waals surface area (Å²) in [4.78, 5) is 10.2. The van der Waals surface area contributed by atoms with Crippen molar-refractivity contribution in [1.82, 2.24) is 9.97 Å². The van der Waals surface area contributed by atoms with Gasteiger partial charge in [-0.3, -0.25) is 4.98 Å². The van der Waals surface area contributed by atoms with Crippen LogP contribution in [0.5, 0.6) is 0 Å². The van der Waals surface area contributed by atoms with Crippen molar-refractivity contribution >= 4 is 65.3 Å². The van der Waals surface area contributed by atoms with Gasteiger partial charge in [0.1, 0.15) is 11.2 Å². The third kappa shape index (κ3) is 4.90. The summed E-state index contributed by atoms with van der Waals surface area (Å²) >= 11 is 0. The van der Waals surface area contributed by atoms with Gasteiger partial charge >= 0.3 is 0 Å². The van der Waals surface area contributed by atoms with E-state index in [2.05, 4.69) is 164 Å². The minimum Gasteiger partial charge on any atom is -0.456 e. The van der Waals surface area contributed by atoms with Gasteiger partial charge in [0, 0.05) is 27.1 Å². The molecule has 11 rings (SSSR count). The summed E-state index contributed by atoms with van der Waals surface area (Å²) in [5.41, 5.74) is 12.7. The number of nitrogens with zero attached hydrogens (tertiary/aromatic N) is 2. The fourth-order valence-corrected chi connectivity index (χ4v) is 8.01. The van der Waals surface area contributed by atoms with Crippen LogP contribution in [0.4, 0.5) is 0 Å². The number of furan rings is 1. The van der Waals surface area contributed by atoms with Crippen LogP contribution < -0.4 is 0 Å². The highest BCUT2D eigenvalue weighted by Crippen LogP contribution is 2.37. The molecule has 0 radical (unpaired) electrons. The first-order chi connectivity index (χ1) is 26.2. The fourth-order valence-electron chi connectivity index (χ4n) is 8.01. The van der Waals surface area contributed by atoms with Gasteiger partial charge in [-0.15, -0.1) is 0 Å². The van der Waals surface area contributed by atoms with Gasteiger partial charge in [-0.2, -0.15) is 0 Å². The van der Waals surface area contributed by atoms with Gasteiger partial charge in [-0.25, -0.2) is 4.98 Å². The van der Waals surface area contributed by atoms with Gasteiger partial charge in [-0.05, 0) is 97.4 Å². The maximum atomic E-state index is 6.07. The van der Waals surface area contributed by atoms with Crippen molar-refractivity contribution in [3.8, 4) is 44.6 Å². The van der Waals surface area contributed by atoms with Gasteiger partial charge in [0.2, 0.25) is 0 Å². The molecular formula is C50H30N2O. The zero-order valence-electron chi connectivity index (χ0n) is 28.6. The van der Waals surface area contributed by atoms with Crippen molar-refractivity contribution < 1.29 is 4.42 Å². The SMILES string of the molecule is c1cc(-c2ccc3cc(-c4cccc(-c5cnc6c7ccccc7c7ccccc7c6n5)c4)ccc3c2)cc(-c2ccc3oc4ccccc4c3c2)c1. The smallest absolute Gasteiger partial charge is 0.135 e. The summed E-state index contributed by atoms with van der Waals surface area (Å²) in [6.45, 7) is 0. The van der Waals surface area contributed by atoms with Crippen molar-refractivity contribution in [2.75, 3.05) is 0 Å². The lowest BCUT2D eigenvalue weighted by Gasteiger charge is -2.11. The molecule has 2 aromatic heterocycles. The van der Waals surface area contributed by atoms with Crippen LogP contribution in [-0.2, 0) is 0 Å². The molecule has 9 aromatic carbocycles. The van der Waals surface area contributed by atoms with E-state index < -0.39 is 0 Å². The third-order valence-electron chi connectivity index (χ3n) is 10.7. The summed E-state index contributed by atoms with van der Waals surface area (Å²) in [5.74, 6) is 0. The highest BCUT2D eigenvalue weighted by Gasteiger charge is 2.13. The number of hydrogen-bond acceptors (Lipinski definition) is 3. The molecule has 0 bridgehead atoms. The van der Waals surface area contributed by atoms with Crippen LogP contribution >= 0.6 is 0 Å². The molecule has 0 aliphatic heterocycles. The van der Waals surface area contributed by atoms with Gasteiger partial charge in [-0.1, -0.05) is 133 Å². The Bertz CT molecular complexity index is 3210. The predicted molar refractivity (Wildman–Crippen MR) is 221 cm³/mol. The van der Waals surface area contributed by atoms with E-state index in [4.69, 9.17) is 14.4 Å². The molecule has 53 heavy (non-hydrogen) atoms. The van der Waals surface area contributed by atoms with E-state index in [0.717, 1.165) is 60.6 Å². The first-order valence-corrected chi connectivity index (χ1v) is 18.0. The van der Waals surface area contributed by atoms with Gasteiger partial charge in [0.15, 0.2) is 0 Å². The minimum atomic E-state index is 0.866. The maximum absolute atomic E-state index is 6.07. The second-order valence-corrected chi connectivity index (χ2v) is 13.8. The van der Waals surface area contributed by atoms with Crippen molar-refractivity contribution in [1.29, 1.82) is 0 Å². The Morgan fingerprint density at radius 2 is 0.811 bits per heavy atom. The molecule has 3 nitrogen and oxygen atoms in total. The monoisotopic (exact) mass is 674 g/mol. The lowest BCUT2D eigenvalue weighted by molar-refractivity contribution is 0.669. The van der Waals surface area contributed by atoms with Crippen LogP contribution in [0.3, 0.4) is 0 Å². The van der Waals surface area contributed by atoms with Crippen molar-refractivity contribution in [3.05, 3.63) is 182 Å². The quantitative estimate of drug-likeness (QED) is 0.174. The number of hydrogen-bond donors (Lipinski definition) is 0. The van der Waals surface area contributed by atoms with Gasteiger partial charge in [0.25, 0.3) is 0 Å². The van der Waals surface area contributed by atoms with Gasteiger partial charge in [0.05, 0.1) is 22.9 Å². The summed E-state index contributed by atoms with van der Waals surface area (Å²) in [6, 6.07) is 62.6.